The summed E-state index contributed by atoms with van der Waals surface area (Å²) in [5, 5.41) is 3.07. The summed E-state index contributed by atoms with van der Waals surface area (Å²) >= 11 is 0. The standard InChI is InChI=1S/C29H23F4N3O5/c1-16(37)41-24-9-3-2-8-23(24)35-12-5-13-40-17-14-21(31)27(22(32)15-17)36-25(38)11-10-19(29(36)34)28(39)18-6-4-7-20(30)26(18)33/h2-4,6-11,14-15,35H,5,12-13,34H2,1H3. The molecule has 0 atom stereocenters. The largest absolute Gasteiger partial charge is 0.493 e. The van der Waals surface area contributed by atoms with Crippen LogP contribution in [0, 0.1) is 23.3 Å². The van der Waals surface area contributed by atoms with Crippen LogP contribution in [0.5, 0.6) is 11.5 Å². The molecule has 212 valence electrons. The normalized spacial score (nSPS) is 10.8. The second-order valence-corrected chi connectivity index (χ2v) is 8.69. The number of hydrogen-bond donors (Lipinski definition) is 2. The first-order chi connectivity index (χ1) is 19.6. The third-order valence-electron chi connectivity index (χ3n) is 5.83. The van der Waals surface area contributed by atoms with E-state index in [1.807, 2.05) is 0 Å². The number of carbonyl (C=O) groups is 2. The number of para-hydroxylation sites is 2. The highest BCUT2D eigenvalue weighted by molar-refractivity contribution is 6.11. The van der Waals surface area contributed by atoms with Gasteiger partial charge in [-0.05, 0) is 36.8 Å². The molecule has 0 unspecified atom stereocenters. The first kappa shape index (κ1) is 28.9. The lowest BCUT2D eigenvalue weighted by molar-refractivity contribution is -0.131. The molecule has 0 saturated carbocycles. The van der Waals surface area contributed by atoms with Gasteiger partial charge in [-0.3, -0.25) is 19.0 Å². The average Bonchev–Trinajstić information content (AvgIpc) is 2.91. The van der Waals surface area contributed by atoms with Gasteiger partial charge in [0.25, 0.3) is 5.56 Å². The number of ketones is 1. The smallest absolute Gasteiger partial charge is 0.308 e. The molecule has 1 aromatic heterocycles. The summed E-state index contributed by atoms with van der Waals surface area (Å²) in [7, 11) is 0. The van der Waals surface area contributed by atoms with Crippen LogP contribution in [0.15, 0.2) is 71.5 Å². The van der Waals surface area contributed by atoms with Gasteiger partial charge in [0.05, 0.1) is 23.4 Å². The fourth-order valence-electron chi connectivity index (χ4n) is 3.98. The van der Waals surface area contributed by atoms with E-state index in [4.69, 9.17) is 15.2 Å². The molecule has 12 heteroatoms. The molecule has 3 aromatic carbocycles. The molecule has 4 rings (SSSR count). The summed E-state index contributed by atoms with van der Waals surface area (Å²) in [6, 6.07) is 13.2. The van der Waals surface area contributed by atoms with Crippen molar-refractivity contribution < 1.29 is 36.6 Å². The van der Waals surface area contributed by atoms with Crippen molar-refractivity contribution in [2.24, 2.45) is 0 Å². The predicted octanol–water partition coefficient (Wildman–Crippen LogP) is 5.01. The number of pyridine rings is 1. The summed E-state index contributed by atoms with van der Waals surface area (Å²) in [4.78, 5) is 36.6. The zero-order valence-electron chi connectivity index (χ0n) is 21.5. The van der Waals surface area contributed by atoms with Gasteiger partial charge in [-0.2, -0.15) is 0 Å². The van der Waals surface area contributed by atoms with E-state index in [1.54, 1.807) is 24.3 Å². The number of halogens is 4. The van der Waals surface area contributed by atoms with Gasteiger partial charge in [0.2, 0.25) is 0 Å². The van der Waals surface area contributed by atoms with Gasteiger partial charge in [-0.1, -0.05) is 18.2 Å². The molecular formula is C29H23F4N3O5. The van der Waals surface area contributed by atoms with E-state index in [9.17, 15) is 23.2 Å². The van der Waals surface area contributed by atoms with Crippen molar-refractivity contribution in [3.05, 3.63) is 111 Å². The summed E-state index contributed by atoms with van der Waals surface area (Å²) in [6.07, 6.45) is 0.395. The first-order valence-corrected chi connectivity index (χ1v) is 12.2. The van der Waals surface area contributed by atoms with Crippen molar-refractivity contribution in [1.82, 2.24) is 4.57 Å². The van der Waals surface area contributed by atoms with Crippen LogP contribution in [0.1, 0.15) is 29.3 Å². The van der Waals surface area contributed by atoms with Crippen LogP contribution in [-0.2, 0) is 4.79 Å². The number of rotatable bonds is 10. The lowest BCUT2D eigenvalue weighted by Crippen LogP contribution is -2.25. The number of aromatic nitrogens is 1. The molecule has 4 aromatic rings. The molecule has 0 radical (unpaired) electrons. The average molecular weight is 570 g/mol. The zero-order chi connectivity index (χ0) is 29.7. The van der Waals surface area contributed by atoms with E-state index in [0.29, 0.717) is 29.0 Å². The Morgan fingerprint density at radius 1 is 0.902 bits per heavy atom. The van der Waals surface area contributed by atoms with Gasteiger partial charge in [0, 0.05) is 31.7 Å². The van der Waals surface area contributed by atoms with E-state index in [2.05, 4.69) is 5.32 Å². The van der Waals surface area contributed by atoms with Crippen LogP contribution >= 0.6 is 0 Å². The number of anilines is 2. The van der Waals surface area contributed by atoms with Gasteiger partial charge in [0.1, 0.15) is 17.3 Å². The van der Waals surface area contributed by atoms with Gasteiger partial charge >= 0.3 is 5.97 Å². The van der Waals surface area contributed by atoms with Crippen molar-refractivity contribution in [3.63, 3.8) is 0 Å². The number of benzene rings is 3. The molecule has 0 fully saturated rings. The Kier molecular flexibility index (Phi) is 8.71. The second-order valence-electron chi connectivity index (χ2n) is 8.69. The molecular weight excluding hydrogens is 546 g/mol. The molecule has 0 aliphatic carbocycles. The quantitative estimate of drug-likeness (QED) is 0.0908. The molecule has 0 aliphatic heterocycles. The van der Waals surface area contributed by atoms with Crippen LogP contribution in [-0.4, -0.2) is 29.5 Å². The fourth-order valence-corrected chi connectivity index (χ4v) is 3.98. The van der Waals surface area contributed by atoms with E-state index >= 15 is 8.78 Å². The Hall–Kier alpha value is -5.13. The number of hydrogen-bond acceptors (Lipinski definition) is 7. The zero-order valence-corrected chi connectivity index (χ0v) is 21.5. The molecule has 1 heterocycles. The summed E-state index contributed by atoms with van der Waals surface area (Å²) in [6.45, 7) is 1.70. The van der Waals surface area contributed by atoms with Crippen LogP contribution in [0.3, 0.4) is 0 Å². The van der Waals surface area contributed by atoms with Gasteiger partial charge < -0.3 is 20.5 Å². The number of ether oxygens (including phenoxy) is 2. The third kappa shape index (κ3) is 6.38. The first-order valence-electron chi connectivity index (χ1n) is 12.2. The SMILES string of the molecule is CC(=O)Oc1ccccc1NCCCOc1cc(F)c(-n2c(N)c(C(=O)c3cccc(F)c3F)ccc2=O)c(F)c1. The summed E-state index contributed by atoms with van der Waals surface area (Å²) in [5.74, 6) is -7.21. The monoisotopic (exact) mass is 569 g/mol. The lowest BCUT2D eigenvalue weighted by atomic mass is 10.0. The lowest BCUT2D eigenvalue weighted by Gasteiger charge is -2.16. The highest BCUT2D eigenvalue weighted by Gasteiger charge is 2.24. The van der Waals surface area contributed by atoms with Crippen LogP contribution in [0.2, 0.25) is 0 Å². The Morgan fingerprint density at radius 2 is 1.61 bits per heavy atom. The minimum absolute atomic E-state index is 0.0478. The number of esters is 1. The molecule has 8 nitrogen and oxygen atoms in total. The molecule has 0 spiro atoms. The van der Waals surface area contributed by atoms with Crippen LogP contribution < -0.4 is 26.1 Å². The maximum absolute atomic E-state index is 15.1. The van der Waals surface area contributed by atoms with Gasteiger partial charge in [-0.15, -0.1) is 0 Å². The highest BCUT2D eigenvalue weighted by Crippen LogP contribution is 2.28. The molecule has 0 saturated heterocycles. The molecule has 0 amide bonds. The molecule has 3 N–H and O–H groups in total. The van der Waals surface area contributed by atoms with Crippen molar-refractivity contribution in [2.45, 2.75) is 13.3 Å². The minimum atomic E-state index is -1.43. The van der Waals surface area contributed by atoms with Gasteiger partial charge in [-0.25, -0.2) is 17.6 Å². The second kappa shape index (κ2) is 12.4. The highest BCUT2D eigenvalue weighted by atomic mass is 19.2. The summed E-state index contributed by atoms with van der Waals surface area (Å²) in [5.41, 5.74) is 3.54. The third-order valence-corrected chi connectivity index (χ3v) is 5.83. The Morgan fingerprint density at radius 3 is 2.32 bits per heavy atom. The Labute approximate surface area is 230 Å². The van der Waals surface area contributed by atoms with Crippen molar-refractivity contribution >= 4 is 23.3 Å². The van der Waals surface area contributed by atoms with Crippen molar-refractivity contribution in [3.8, 4) is 17.2 Å². The fraction of sp³-hybridized carbons (Fsp3) is 0.138. The van der Waals surface area contributed by atoms with E-state index in [0.717, 1.165) is 42.5 Å². The van der Waals surface area contributed by atoms with Crippen LogP contribution in [0.4, 0.5) is 29.1 Å². The summed E-state index contributed by atoms with van der Waals surface area (Å²) < 4.78 is 69.0. The maximum Gasteiger partial charge on any atom is 0.308 e. The Bertz CT molecular complexity index is 1670. The number of carbonyl (C=O) groups excluding carboxylic acids is 2. The molecule has 41 heavy (non-hydrogen) atoms. The number of nitrogens with two attached hydrogens (primary N) is 1. The van der Waals surface area contributed by atoms with Crippen LogP contribution in [0.25, 0.3) is 5.69 Å². The molecule has 0 bridgehead atoms. The maximum atomic E-state index is 15.1. The number of nitrogens with zero attached hydrogens (tertiary/aromatic N) is 1. The van der Waals surface area contributed by atoms with E-state index in [-0.39, 0.29) is 12.4 Å². The van der Waals surface area contributed by atoms with E-state index in [1.165, 1.54) is 6.92 Å². The number of nitrogens with one attached hydrogen (secondary N) is 1. The van der Waals surface area contributed by atoms with Crippen molar-refractivity contribution in [2.75, 3.05) is 24.2 Å². The topological polar surface area (TPSA) is 113 Å². The van der Waals surface area contributed by atoms with Crippen molar-refractivity contribution in [1.29, 1.82) is 0 Å². The van der Waals surface area contributed by atoms with E-state index < -0.39 is 63.2 Å². The predicted molar refractivity (Wildman–Crippen MR) is 143 cm³/mol. The number of nitrogen functional groups attached to an aromatic ring is 1. The van der Waals surface area contributed by atoms with Gasteiger partial charge in [0.15, 0.2) is 34.8 Å². The Balaban J connectivity index is 1.49. The minimum Gasteiger partial charge on any atom is -0.493 e. The molecule has 0 aliphatic rings.